The molecule has 0 fully saturated rings. The second-order valence-electron chi connectivity index (χ2n) is 6.79. The Hall–Kier alpha value is -3.28. The van der Waals surface area contributed by atoms with E-state index in [9.17, 15) is 4.79 Å². The lowest BCUT2D eigenvalue weighted by Gasteiger charge is -2.15. The second kappa shape index (κ2) is 9.08. The average Bonchev–Trinajstić information content (AvgIpc) is 2.73. The van der Waals surface area contributed by atoms with Crippen molar-refractivity contribution in [2.75, 3.05) is 19.0 Å². The Morgan fingerprint density at radius 2 is 1.75 bits per heavy atom. The number of carbonyl (C=O) groups is 1. The topological polar surface area (TPSA) is 71.0 Å². The van der Waals surface area contributed by atoms with Gasteiger partial charge >= 0.3 is 0 Å². The van der Waals surface area contributed by atoms with Gasteiger partial charge in [0.2, 0.25) is 11.9 Å². The summed E-state index contributed by atoms with van der Waals surface area (Å²) >= 11 is 0. The molecular formula is C22H25N5O. The number of nitrogens with one attached hydrogen (secondary N) is 1. The van der Waals surface area contributed by atoms with Gasteiger partial charge in [-0.1, -0.05) is 31.2 Å². The van der Waals surface area contributed by atoms with Crippen LogP contribution in [0.25, 0.3) is 22.4 Å². The second-order valence-corrected chi connectivity index (χ2v) is 6.79. The van der Waals surface area contributed by atoms with Crippen LogP contribution in [0.3, 0.4) is 0 Å². The molecule has 0 aliphatic carbocycles. The number of nitrogens with zero attached hydrogens (tertiary/aromatic N) is 4. The van der Waals surface area contributed by atoms with E-state index in [0.717, 1.165) is 34.4 Å². The number of carbonyl (C=O) groups excluding carboxylic acids is 1. The fraction of sp³-hybridized carbons (Fsp3) is 0.273. The molecule has 0 atom stereocenters. The van der Waals surface area contributed by atoms with E-state index in [4.69, 9.17) is 4.98 Å². The molecule has 0 aliphatic heterocycles. The Balaban J connectivity index is 1.91. The van der Waals surface area contributed by atoms with Crippen molar-refractivity contribution in [2.24, 2.45) is 0 Å². The number of amides is 1. The molecule has 6 heteroatoms. The molecule has 3 rings (SSSR count). The van der Waals surface area contributed by atoms with Crippen LogP contribution < -0.4 is 10.2 Å². The van der Waals surface area contributed by atoms with Crippen LogP contribution in [0.15, 0.2) is 55.0 Å². The number of rotatable bonds is 7. The Labute approximate surface area is 165 Å². The lowest BCUT2D eigenvalue weighted by Crippen LogP contribution is -2.21. The monoisotopic (exact) mass is 375 g/mol. The Bertz CT molecular complexity index is 923. The summed E-state index contributed by atoms with van der Waals surface area (Å²) in [4.78, 5) is 26.9. The van der Waals surface area contributed by atoms with Crippen LogP contribution in [-0.2, 0) is 11.3 Å². The van der Waals surface area contributed by atoms with Gasteiger partial charge in [0.05, 0.1) is 5.69 Å². The summed E-state index contributed by atoms with van der Waals surface area (Å²) in [7, 11) is 3.85. The number of benzene rings is 1. The van der Waals surface area contributed by atoms with E-state index in [1.165, 1.54) is 0 Å². The van der Waals surface area contributed by atoms with Crippen molar-refractivity contribution >= 4 is 11.9 Å². The fourth-order valence-electron chi connectivity index (χ4n) is 2.85. The molecule has 1 aromatic carbocycles. The summed E-state index contributed by atoms with van der Waals surface area (Å²) in [5.41, 5.74) is 4.90. The highest BCUT2D eigenvalue weighted by Crippen LogP contribution is 2.31. The first-order valence-corrected chi connectivity index (χ1v) is 9.39. The fourth-order valence-corrected chi connectivity index (χ4v) is 2.85. The van der Waals surface area contributed by atoms with Gasteiger partial charge < -0.3 is 10.2 Å². The first-order valence-electron chi connectivity index (χ1n) is 9.39. The van der Waals surface area contributed by atoms with Gasteiger partial charge in [-0.05, 0) is 29.7 Å². The summed E-state index contributed by atoms with van der Waals surface area (Å²) in [6.45, 7) is 2.53. The highest BCUT2D eigenvalue weighted by molar-refractivity contribution is 5.81. The molecule has 1 N–H and O–H groups in total. The number of pyridine rings is 1. The van der Waals surface area contributed by atoms with Crippen molar-refractivity contribution in [3.8, 4) is 22.4 Å². The highest BCUT2D eigenvalue weighted by atomic mass is 16.1. The number of hydrogen-bond acceptors (Lipinski definition) is 5. The highest BCUT2D eigenvalue weighted by Gasteiger charge is 2.13. The molecule has 0 saturated carbocycles. The van der Waals surface area contributed by atoms with Gasteiger partial charge in [0.1, 0.15) is 0 Å². The van der Waals surface area contributed by atoms with Crippen molar-refractivity contribution in [1.29, 1.82) is 0 Å². The van der Waals surface area contributed by atoms with Gasteiger partial charge in [0, 0.05) is 56.8 Å². The van der Waals surface area contributed by atoms with E-state index < -0.39 is 0 Å². The van der Waals surface area contributed by atoms with Crippen LogP contribution >= 0.6 is 0 Å². The van der Waals surface area contributed by atoms with Crippen molar-refractivity contribution in [3.05, 3.63) is 60.6 Å². The van der Waals surface area contributed by atoms with Crippen molar-refractivity contribution in [3.63, 3.8) is 0 Å². The van der Waals surface area contributed by atoms with Crippen LogP contribution in [0.4, 0.5) is 5.95 Å². The molecule has 1 amide bonds. The standard InChI is InChI=1S/C22H25N5O/c1-4-5-20(28)24-14-16-6-8-18(9-7-16)21-19(17-10-12-23-13-11-17)15-25-22(26-21)27(2)3/h6-13,15H,4-5,14H2,1-3H3,(H,24,28). The lowest BCUT2D eigenvalue weighted by atomic mass is 10.0. The molecule has 28 heavy (non-hydrogen) atoms. The number of anilines is 1. The SMILES string of the molecule is CCCC(=O)NCc1ccc(-c2nc(N(C)C)ncc2-c2ccncc2)cc1. The summed E-state index contributed by atoms with van der Waals surface area (Å²) in [5, 5.41) is 2.94. The third-order valence-corrected chi connectivity index (χ3v) is 4.36. The zero-order valence-corrected chi connectivity index (χ0v) is 16.5. The molecule has 2 aromatic heterocycles. The van der Waals surface area contributed by atoms with Crippen LogP contribution in [0.5, 0.6) is 0 Å². The quantitative estimate of drug-likeness (QED) is 0.682. The van der Waals surface area contributed by atoms with Crippen molar-refractivity contribution < 1.29 is 4.79 Å². The van der Waals surface area contributed by atoms with Gasteiger partial charge in [0.25, 0.3) is 0 Å². The smallest absolute Gasteiger partial charge is 0.225 e. The molecule has 0 unspecified atom stereocenters. The molecule has 0 bridgehead atoms. The molecule has 0 saturated heterocycles. The van der Waals surface area contributed by atoms with E-state index in [1.807, 2.05) is 68.5 Å². The van der Waals surface area contributed by atoms with Gasteiger partial charge in [-0.15, -0.1) is 0 Å². The third-order valence-electron chi connectivity index (χ3n) is 4.36. The Morgan fingerprint density at radius 1 is 1.04 bits per heavy atom. The van der Waals surface area contributed by atoms with E-state index in [1.54, 1.807) is 12.4 Å². The number of hydrogen-bond donors (Lipinski definition) is 1. The Morgan fingerprint density at radius 3 is 2.39 bits per heavy atom. The van der Waals surface area contributed by atoms with Gasteiger partial charge in [0.15, 0.2) is 0 Å². The minimum absolute atomic E-state index is 0.0815. The average molecular weight is 375 g/mol. The van der Waals surface area contributed by atoms with Gasteiger partial charge in [-0.3, -0.25) is 9.78 Å². The maximum Gasteiger partial charge on any atom is 0.225 e. The molecule has 0 radical (unpaired) electrons. The first-order chi connectivity index (χ1) is 13.6. The normalized spacial score (nSPS) is 10.5. The molecule has 144 valence electrons. The molecule has 2 heterocycles. The summed E-state index contributed by atoms with van der Waals surface area (Å²) in [6, 6.07) is 12.0. The minimum Gasteiger partial charge on any atom is -0.352 e. The van der Waals surface area contributed by atoms with E-state index >= 15 is 0 Å². The summed E-state index contributed by atoms with van der Waals surface area (Å²) < 4.78 is 0. The molecule has 3 aromatic rings. The maximum absolute atomic E-state index is 11.7. The first kappa shape index (κ1) is 19.5. The number of aromatic nitrogens is 3. The Kier molecular flexibility index (Phi) is 6.32. The predicted molar refractivity (Wildman–Crippen MR) is 112 cm³/mol. The predicted octanol–water partition coefficient (Wildman–Crippen LogP) is 3.69. The third kappa shape index (κ3) is 4.71. The van der Waals surface area contributed by atoms with Gasteiger partial charge in [-0.2, -0.15) is 0 Å². The van der Waals surface area contributed by atoms with E-state index in [-0.39, 0.29) is 5.91 Å². The minimum atomic E-state index is 0.0815. The zero-order valence-electron chi connectivity index (χ0n) is 16.5. The molecular weight excluding hydrogens is 350 g/mol. The van der Waals surface area contributed by atoms with Crippen molar-refractivity contribution in [2.45, 2.75) is 26.3 Å². The van der Waals surface area contributed by atoms with Crippen LogP contribution in [0.2, 0.25) is 0 Å². The molecule has 0 spiro atoms. The van der Waals surface area contributed by atoms with Crippen LogP contribution in [0.1, 0.15) is 25.3 Å². The molecule has 0 aliphatic rings. The zero-order chi connectivity index (χ0) is 19.9. The largest absolute Gasteiger partial charge is 0.352 e. The van der Waals surface area contributed by atoms with E-state index in [0.29, 0.717) is 18.9 Å². The van der Waals surface area contributed by atoms with Gasteiger partial charge in [-0.25, -0.2) is 9.97 Å². The van der Waals surface area contributed by atoms with Crippen molar-refractivity contribution in [1.82, 2.24) is 20.3 Å². The molecule has 6 nitrogen and oxygen atoms in total. The van der Waals surface area contributed by atoms with Crippen LogP contribution in [0, 0.1) is 0 Å². The van der Waals surface area contributed by atoms with Crippen LogP contribution in [-0.4, -0.2) is 35.0 Å². The maximum atomic E-state index is 11.7. The lowest BCUT2D eigenvalue weighted by molar-refractivity contribution is -0.121. The summed E-state index contributed by atoms with van der Waals surface area (Å²) in [5.74, 6) is 0.738. The summed E-state index contributed by atoms with van der Waals surface area (Å²) in [6.07, 6.45) is 6.79. The van der Waals surface area contributed by atoms with E-state index in [2.05, 4.69) is 15.3 Å².